The predicted octanol–water partition coefficient (Wildman–Crippen LogP) is -8.08. The molecule has 0 aliphatic heterocycles. The Balaban J connectivity index is -0.0000000644. The molecule has 0 atom stereocenters. The maximum Gasteiger partial charge on any atom is 1.00 e. The molecule has 0 aromatic heterocycles. The minimum Gasteiger partial charge on any atom is -1.00 e. The van der Waals surface area contributed by atoms with Crippen molar-refractivity contribution in [2.75, 3.05) is 23.7 Å². The van der Waals surface area contributed by atoms with Gasteiger partial charge in [0, 0.05) is 24.5 Å². The van der Waals surface area contributed by atoms with Crippen LogP contribution in [0.5, 0.6) is 0 Å². The zero-order valence-electron chi connectivity index (χ0n) is 13.7. The Morgan fingerprint density at radius 1 is 1.32 bits per heavy atom. The standard InChI is InChI=1S/C11H18N2.CH2O3.BrH.ClH.K.Na.H2O/c1-4-13(5-2)10-6-7-11(12)9(3)8-10;2-1(3)4;;;;;/h6-8H,4-5,12H2,1-3H3;(H2,2,3,4);2*1H;;;1H2/q;;;;2*+1;/p-2. The van der Waals surface area contributed by atoms with Gasteiger partial charge in [-0.15, -0.1) is 12.4 Å². The van der Waals surface area contributed by atoms with Gasteiger partial charge in [0.05, 0.1) is 0 Å². The molecular formula is C12H22BrClKN2NaO4. The van der Waals surface area contributed by atoms with Crippen LogP contribution in [0.15, 0.2) is 18.2 Å². The van der Waals surface area contributed by atoms with Gasteiger partial charge in [-0.25, -0.2) is 0 Å². The van der Waals surface area contributed by atoms with Crippen LogP contribution in [0.3, 0.4) is 0 Å². The Hall–Kier alpha value is 1.46. The van der Waals surface area contributed by atoms with E-state index < -0.39 is 6.16 Å². The van der Waals surface area contributed by atoms with Crippen LogP contribution in [-0.4, -0.2) is 29.8 Å². The fraction of sp³-hybridized carbons (Fsp3) is 0.417. The zero-order valence-corrected chi connectivity index (χ0v) is 21.2. The molecule has 0 aliphatic carbocycles. The number of rotatable bonds is 3. The van der Waals surface area contributed by atoms with Crippen molar-refractivity contribution in [1.82, 2.24) is 0 Å². The van der Waals surface area contributed by atoms with E-state index in [1.165, 1.54) is 5.69 Å². The molecule has 6 nitrogen and oxygen atoms in total. The number of carbonyl (C=O) groups is 1. The van der Waals surface area contributed by atoms with E-state index in [2.05, 4.69) is 30.9 Å². The number of benzene rings is 1. The molecule has 1 aromatic rings. The first-order valence-corrected chi connectivity index (χ1v) is 5.43. The third-order valence-electron chi connectivity index (χ3n) is 2.38. The van der Waals surface area contributed by atoms with Crippen LogP contribution in [0.4, 0.5) is 16.2 Å². The van der Waals surface area contributed by atoms with E-state index in [9.17, 15) is 0 Å². The molecule has 0 unspecified atom stereocenters. The number of nitrogens with zero attached hydrogens (tertiary/aromatic N) is 1. The van der Waals surface area contributed by atoms with Crippen LogP contribution >= 0.6 is 12.4 Å². The first kappa shape index (κ1) is 38.8. The average Bonchev–Trinajstić information content (AvgIpc) is 2.24. The van der Waals surface area contributed by atoms with E-state index in [1.54, 1.807) is 0 Å². The Morgan fingerprint density at radius 3 is 1.95 bits per heavy atom. The SMILES string of the molecule is CCN(CC)c1ccc(N)c(C)c1.Cl.O.O=C([O-])O.[Br-].[K+].[Na+]. The summed E-state index contributed by atoms with van der Waals surface area (Å²) in [5.41, 5.74) is 9.04. The first-order valence-electron chi connectivity index (χ1n) is 5.43. The molecule has 0 spiro atoms. The molecule has 0 radical (unpaired) electrons. The van der Waals surface area contributed by atoms with Crippen molar-refractivity contribution < 1.29 is 118 Å². The van der Waals surface area contributed by atoms with Crippen LogP contribution < -0.4 is 114 Å². The minimum absolute atomic E-state index is 0. The van der Waals surface area contributed by atoms with E-state index >= 15 is 0 Å². The fourth-order valence-electron chi connectivity index (χ4n) is 1.45. The van der Waals surface area contributed by atoms with E-state index in [1.807, 2.05) is 13.0 Å². The fourth-order valence-corrected chi connectivity index (χ4v) is 1.45. The number of aryl methyl sites for hydroxylation is 1. The van der Waals surface area contributed by atoms with Crippen LogP contribution in [-0.2, 0) is 0 Å². The second-order valence-corrected chi connectivity index (χ2v) is 3.48. The van der Waals surface area contributed by atoms with Crippen molar-refractivity contribution in [2.24, 2.45) is 0 Å². The summed E-state index contributed by atoms with van der Waals surface area (Å²) in [5, 5.41) is 15.3. The topological polar surface area (TPSA) is 121 Å². The van der Waals surface area contributed by atoms with E-state index in [0.717, 1.165) is 24.3 Å². The van der Waals surface area contributed by atoms with Gasteiger partial charge in [-0.1, -0.05) is 0 Å². The maximum atomic E-state index is 8.44. The molecule has 0 aliphatic rings. The largest absolute Gasteiger partial charge is 1.00 e. The van der Waals surface area contributed by atoms with Gasteiger partial charge in [0.15, 0.2) is 0 Å². The quantitative estimate of drug-likeness (QED) is 0.361. The Morgan fingerprint density at radius 2 is 1.68 bits per heavy atom. The number of hydrogen-bond donors (Lipinski definition) is 2. The summed E-state index contributed by atoms with van der Waals surface area (Å²) in [6.07, 6.45) is -2.08. The molecule has 0 heterocycles. The number of nitrogens with two attached hydrogens (primary N) is 1. The molecule has 0 saturated heterocycles. The van der Waals surface area contributed by atoms with Gasteiger partial charge in [0.2, 0.25) is 6.16 Å². The molecule has 0 fully saturated rings. The van der Waals surface area contributed by atoms with Crippen molar-refractivity contribution in [3.63, 3.8) is 0 Å². The summed E-state index contributed by atoms with van der Waals surface area (Å²) in [5.74, 6) is 0. The predicted molar refractivity (Wildman–Crippen MR) is 78.0 cm³/mol. The van der Waals surface area contributed by atoms with Gasteiger partial charge in [-0.2, -0.15) is 0 Å². The second kappa shape index (κ2) is 22.5. The van der Waals surface area contributed by atoms with Crippen LogP contribution in [0.25, 0.3) is 0 Å². The summed E-state index contributed by atoms with van der Waals surface area (Å²) in [6.45, 7) is 8.45. The van der Waals surface area contributed by atoms with Gasteiger partial charge < -0.3 is 48.1 Å². The van der Waals surface area contributed by atoms with Gasteiger partial charge in [-0.3, -0.25) is 0 Å². The molecule has 120 valence electrons. The Labute approximate surface area is 213 Å². The van der Waals surface area contributed by atoms with Gasteiger partial charge in [0.25, 0.3) is 0 Å². The third kappa shape index (κ3) is 17.8. The molecule has 0 amide bonds. The number of nitrogen functional groups attached to an aromatic ring is 1. The first-order chi connectivity index (χ1) is 7.92. The molecule has 22 heavy (non-hydrogen) atoms. The van der Waals surface area contributed by atoms with Gasteiger partial charge in [-0.05, 0) is 44.5 Å². The van der Waals surface area contributed by atoms with E-state index in [4.69, 9.17) is 20.7 Å². The van der Waals surface area contributed by atoms with Crippen molar-refractivity contribution in [3.8, 4) is 0 Å². The minimum atomic E-state index is -2.08. The monoisotopic (exact) mass is 434 g/mol. The number of halogens is 2. The van der Waals surface area contributed by atoms with Crippen molar-refractivity contribution >= 4 is 29.9 Å². The average molecular weight is 436 g/mol. The molecule has 1 rings (SSSR count). The van der Waals surface area contributed by atoms with Crippen LogP contribution in [0.2, 0.25) is 0 Å². The van der Waals surface area contributed by atoms with E-state index in [-0.39, 0.29) is 116 Å². The molecular weight excluding hydrogens is 414 g/mol. The maximum absolute atomic E-state index is 8.44. The number of hydrogen-bond acceptors (Lipinski definition) is 4. The molecule has 10 heteroatoms. The summed E-state index contributed by atoms with van der Waals surface area (Å²) in [7, 11) is 0. The zero-order chi connectivity index (χ0) is 13.4. The Kier molecular flexibility index (Phi) is 39.6. The van der Waals surface area contributed by atoms with E-state index in [0.29, 0.717) is 0 Å². The smallest absolute Gasteiger partial charge is 1.00 e. The summed E-state index contributed by atoms with van der Waals surface area (Å²) >= 11 is 0. The second-order valence-electron chi connectivity index (χ2n) is 3.48. The van der Waals surface area contributed by atoms with Gasteiger partial charge >= 0.3 is 80.9 Å². The summed E-state index contributed by atoms with van der Waals surface area (Å²) in [6, 6.07) is 6.20. The van der Waals surface area contributed by atoms with Crippen LogP contribution in [0.1, 0.15) is 19.4 Å². The summed E-state index contributed by atoms with van der Waals surface area (Å²) < 4.78 is 0. The third-order valence-corrected chi connectivity index (χ3v) is 2.38. The normalized spacial score (nSPS) is 7.05. The van der Waals surface area contributed by atoms with Gasteiger partial charge in [0.1, 0.15) is 0 Å². The molecule has 0 saturated carbocycles. The Bertz CT molecular complexity index is 384. The van der Waals surface area contributed by atoms with Crippen molar-refractivity contribution in [1.29, 1.82) is 0 Å². The summed E-state index contributed by atoms with van der Waals surface area (Å²) in [4.78, 5) is 10.8. The number of carboxylic acid groups (broad SMARTS) is 2. The van der Waals surface area contributed by atoms with Crippen molar-refractivity contribution in [2.45, 2.75) is 20.8 Å². The molecule has 5 N–H and O–H groups in total. The molecule has 1 aromatic carbocycles. The van der Waals surface area contributed by atoms with Crippen LogP contribution in [0, 0.1) is 6.92 Å². The molecule has 0 bridgehead atoms. The number of anilines is 2. The van der Waals surface area contributed by atoms with Crippen molar-refractivity contribution in [3.05, 3.63) is 23.8 Å².